The van der Waals surface area contributed by atoms with E-state index in [2.05, 4.69) is 4.98 Å². The molecule has 0 radical (unpaired) electrons. The van der Waals surface area contributed by atoms with Gasteiger partial charge >= 0.3 is 0 Å². The van der Waals surface area contributed by atoms with Crippen molar-refractivity contribution in [3.63, 3.8) is 0 Å². The normalized spacial score (nSPS) is 9.62. The summed E-state index contributed by atoms with van der Waals surface area (Å²) in [6, 6.07) is 3.44. The standard InChI is InChI=1S/C8H10N2O3/c1-13-8-6-7(2-4-9-8)3-5-10(11)12/h2,4,6H,3,5H2,1H3. The van der Waals surface area contributed by atoms with Crippen LogP contribution < -0.4 is 4.74 Å². The van der Waals surface area contributed by atoms with Gasteiger partial charge in [-0.05, 0) is 11.6 Å². The Hall–Kier alpha value is -1.65. The molecule has 0 aromatic carbocycles. The highest BCUT2D eigenvalue weighted by molar-refractivity contribution is 5.20. The first kappa shape index (κ1) is 9.44. The number of aromatic nitrogens is 1. The quantitative estimate of drug-likeness (QED) is 0.512. The van der Waals surface area contributed by atoms with Gasteiger partial charge in [0.25, 0.3) is 0 Å². The Bertz CT molecular complexity index is 301. The number of methoxy groups -OCH3 is 1. The Morgan fingerprint density at radius 3 is 3.08 bits per heavy atom. The average Bonchev–Trinajstić information content (AvgIpc) is 2.15. The molecule has 0 fully saturated rings. The highest BCUT2D eigenvalue weighted by Crippen LogP contribution is 2.08. The molecule has 1 heterocycles. The maximum Gasteiger partial charge on any atom is 0.213 e. The Morgan fingerprint density at radius 1 is 1.69 bits per heavy atom. The highest BCUT2D eigenvalue weighted by atomic mass is 16.6. The molecule has 0 atom stereocenters. The molecule has 0 N–H and O–H groups in total. The molecular formula is C8H10N2O3. The van der Waals surface area contributed by atoms with Crippen LogP contribution in [0.4, 0.5) is 0 Å². The second-order valence-electron chi connectivity index (χ2n) is 2.51. The van der Waals surface area contributed by atoms with Gasteiger partial charge in [0.05, 0.1) is 7.11 Å². The molecule has 13 heavy (non-hydrogen) atoms. The molecule has 70 valence electrons. The van der Waals surface area contributed by atoms with Gasteiger partial charge in [0.15, 0.2) is 0 Å². The van der Waals surface area contributed by atoms with E-state index in [1.807, 2.05) is 0 Å². The molecule has 0 saturated heterocycles. The number of ether oxygens (including phenoxy) is 1. The fourth-order valence-electron chi connectivity index (χ4n) is 0.938. The van der Waals surface area contributed by atoms with Crippen molar-refractivity contribution in [2.45, 2.75) is 6.42 Å². The summed E-state index contributed by atoms with van der Waals surface area (Å²) in [5, 5.41) is 10.1. The van der Waals surface area contributed by atoms with E-state index in [9.17, 15) is 10.1 Å². The molecule has 0 bridgehead atoms. The van der Waals surface area contributed by atoms with Crippen LogP contribution in [0.25, 0.3) is 0 Å². The van der Waals surface area contributed by atoms with Gasteiger partial charge in [-0.2, -0.15) is 0 Å². The minimum atomic E-state index is -0.340. The van der Waals surface area contributed by atoms with Crippen LogP contribution in [-0.2, 0) is 6.42 Å². The van der Waals surface area contributed by atoms with Crippen molar-refractivity contribution in [2.24, 2.45) is 0 Å². The van der Waals surface area contributed by atoms with Crippen LogP contribution >= 0.6 is 0 Å². The van der Waals surface area contributed by atoms with E-state index in [1.165, 1.54) is 7.11 Å². The monoisotopic (exact) mass is 182 g/mol. The van der Waals surface area contributed by atoms with Gasteiger partial charge in [0, 0.05) is 23.6 Å². The van der Waals surface area contributed by atoms with E-state index in [1.54, 1.807) is 18.3 Å². The summed E-state index contributed by atoms with van der Waals surface area (Å²) in [6.45, 7) is -0.0623. The van der Waals surface area contributed by atoms with E-state index >= 15 is 0 Å². The van der Waals surface area contributed by atoms with E-state index in [0.29, 0.717) is 12.3 Å². The van der Waals surface area contributed by atoms with E-state index < -0.39 is 0 Å². The molecule has 5 heteroatoms. The first-order chi connectivity index (χ1) is 6.22. The number of rotatable bonds is 4. The summed E-state index contributed by atoms with van der Waals surface area (Å²) in [5.41, 5.74) is 0.864. The first-order valence-corrected chi connectivity index (χ1v) is 3.83. The van der Waals surface area contributed by atoms with Gasteiger partial charge in [-0.15, -0.1) is 0 Å². The summed E-state index contributed by atoms with van der Waals surface area (Å²) >= 11 is 0. The average molecular weight is 182 g/mol. The van der Waals surface area contributed by atoms with Gasteiger partial charge in [-0.3, -0.25) is 10.1 Å². The Morgan fingerprint density at radius 2 is 2.46 bits per heavy atom. The van der Waals surface area contributed by atoms with Gasteiger partial charge in [-0.25, -0.2) is 4.98 Å². The first-order valence-electron chi connectivity index (χ1n) is 3.83. The van der Waals surface area contributed by atoms with Crippen LogP contribution in [0.1, 0.15) is 5.56 Å². The lowest BCUT2D eigenvalue weighted by atomic mass is 10.2. The van der Waals surface area contributed by atoms with Crippen molar-refractivity contribution in [1.82, 2.24) is 4.98 Å². The van der Waals surface area contributed by atoms with E-state index in [-0.39, 0.29) is 11.5 Å². The molecule has 0 aliphatic carbocycles. The minimum Gasteiger partial charge on any atom is -0.481 e. The Kier molecular flexibility index (Phi) is 3.19. The summed E-state index contributed by atoms with van der Waals surface area (Å²) in [6.07, 6.45) is 1.99. The van der Waals surface area contributed by atoms with Crippen LogP contribution in [0.15, 0.2) is 18.3 Å². The van der Waals surface area contributed by atoms with Gasteiger partial charge in [-0.1, -0.05) is 0 Å². The zero-order valence-corrected chi connectivity index (χ0v) is 7.27. The van der Waals surface area contributed by atoms with Gasteiger partial charge in [0.2, 0.25) is 12.4 Å². The zero-order valence-electron chi connectivity index (χ0n) is 7.27. The maximum atomic E-state index is 10.1. The van der Waals surface area contributed by atoms with Crippen LogP contribution in [0.3, 0.4) is 0 Å². The molecule has 0 aliphatic rings. The third kappa shape index (κ3) is 3.06. The van der Waals surface area contributed by atoms with Crippen molar-refractivity contribution in [3.8, 4) is 5.88 Å². The third-order valence-electron chi connectivity index (χ3n) is 1.59. The largest absolute Gasteiger partial charge is 0.481 e. The second kappa shape index (κ2) is 4.39. The van der Waals surface area contributed by atoms with Crippen molar-refractivity contribution < 1.29 is 9.66 Å². The second-order valence-corrected chi connectivity index (χ2v) is 2.51. The zero-order chi connectivity index (χ0) is 9.68. The van der Waals surface area contributed by atoms with Gasteiger partial charge < -0.3 is 4.74 Å². The predicted molar refractivity (Wildman–Crippen MR) is 46.4 cm³/mol. The SMILES string of the molecule is COc1cc(CC[N+](=O)[O-])ccn1. The smallest absolute Gasteiger partial charge is 0.213 e. The Balaban J connectivity index is 2.61. The molecular weight excluding hydrogens is 172 g/mol. The molecule has 0 unspecified atom stereocenters. The van der Waals surface area contributed by atoms with Crippen molar-refractivity contribution in [1.29, 1.82) is 0 Å². The topological polar surface area (TPSA) is 65.3 Å². The molecule has 1 rings (SSSR count). The lowest BCUT2D eigenvalue weighted by molar-refractivity contribution is -0.479. The van der Waals surface area contributed by atoms with E-state index in [4.69, 9.17) is 4.74 Å². The number of hydrogen-bond acceptors (Lipinski definition) is 4. The van der Waals surface area contributed by atoms with E-state index in [0.717, 1.165) is 5.56 Å². The van der Waals surface area contributed by atoms with Gasteiger partial charge in [0.1, 0.15) is 0 Å². The molecule has 0 saturated carbocycles. The highest BCUT2D eigenvalue weighted by Gasteiger charge is 2.01. The van der Waals surface area contributed by atoms with Crippen molar-refractivity contribution in [3.05, 3.63) is 34.0 Å². The molecule has 0 spiro atoms. The van der Waals surface area contributed by atoms with Crippen LogP contribution in [0.2, 0.25) is 0 Å². The summed E-state index contributed by atoms with van der Waals surface area (Å²) < 4.78 is 4.88. The Labute approximate surface area is 75.5 Å². The summed E-state index contributed by atoms with van der Waals surface area (Å²) in [4.78, 5) is 13.6. The summed E-state index contributed by atoms with van der Waals surface area (Å²) in [7, 11) is 1.51. The lowest BCUT2D eigenvalue weighted by Gasteiger charge is -2.00. The predicted octanol–water partition coefficient (Wildman–Crippen LogP) is 0.909. The van der Waals surface area contributed by atoms with Crippen molar-refractivity contribution in [2.75, 3.05) is 13.7 Å². The molecule has 5 nitrogen and oxygen atoms in total. The van der Waals surface area contributed by atoms with Crippen LogP contribution in [-0.4, -0.2) is 23.6 Å². The fourth-order valence-corrected chi connectivity index (χ4v) is 0.938. The minimum absolute atomic E-state index is 0.0623. The maximum absolute atomic E-state index is 10.1. The van der Waals surface area contributed by atoms with Crippen molar-refractivity contribution >= 4 is 0 Å². The third-order valence-corrected chi connectivity index (χ3v) is 1.59. The molecule has 1 aromatic heterocycles. The fraction of sp³-hybridized carbons (Fsp3) is 0.375. The number of nitro groups is 1. The number of pyridine rings is 1. The molecule has 0 aliphatic heterocycles. The molecule has 0 amide bonds. The van der Waals surface area contributed by atoms with Crippen LogP contribution in [0, 0.1) is 10.1 Å². The lowest BCUT2D eigenvalue weighted by Crippen LogP contribution is -2.04. The number of nitrogens with zero attached hydrogens (tertiary/aromatic N) is 2. The number of hydrogen-bond donors (Lipinski definition) is 0. The van der Waals surface area contributed by atoms with Crippen LogP contribution in [0.5, 0.6) is 5.88 Å². The summed E-state index contributed by atoms with van der Waals surface area (Å²) in [5.74, 6) is 0.487. The molecule has 1 aromatic rings.